The van der Waals surface area contributed by atoms with Crippen LogP contribution in [0.25, 0.3) is 11.1 Å². The Balaban J connectivity index is 1.26. The van der Waals surface area contributed by atoms with Gasteiger partial charge in [-0.05, 0) is 47.4 Å². The fourth-order valence-electron chi connectivity index (χ4n) is 4.00. The van der Waals surface area contributed by atoms with E-state index in [-0.39, 0.29) is 11.9 Å². The SMILES string of the molecule is NC(Cc1ccc(-c2ccccc2)cc1)CN1CCN(c2ccc(F)cc2)CC1. The van der Waals surface area contributed by atoms with Crippen LogP contribution in [-0.2, 0) is 6.42 Å². The molecule has 0 amide bonds. The maximum atomic E-state index is 13.1. The van der Waals surface area contributed by atoms with Crippen molar-refractivity contribution in [2.45, 2.75) is 12.5 Å². The van der Waals surface area contributed by atoms with Crippen molar-refractivity contribution in [1.82, 2.24) is 4.90 Å². The van der Waals surface area contributed by atoms with Gasteiger partial charge >= 0.3 is 0 Å². The van der Waals surface area contributed by atoms with Gasteiger partial charge in [-0.15, -0.1) is 0 Å². The molecular weight excluding hydrogens is 361 g/mol. The Morgan fingerprint density at radius 1 is 0.759 bits per heavy atom. The summed E-state index contributed by atoms with van der Waals surface area (Å²) in [5, 5.41) is 0. The van der Waals surface area contributed by atoms with Crippen LogP contribution < -0.4 is 10.6 Å². The van der Waals surface area contributed by atoms with Gasteiger partial charge in [0.25, 0.3) is 0 Å². The molecule has 1 fully saturated rings. The number of nitrogens with two attached hydrogens (primary N) is 1. The van der Waals surface area contributed by atoms with Gasteiger partial charge in [0.15, 0.2) is 0 Å². The number of piperazine rings is 1. The van der Waals surface area contributed by atoms with E-state index in [0.29, 0.717) is 0 Å². The molecule has 150 valence electrons. The largest absolute Gasteiger partial charge is 0.369 e. The van der Waals surface area contributed by atoms with Crippen LogP contribution in [0.15, 0.2) is 78.9 Å². The minimum Gasteiger partial charge on any atom is -0.369 e. The van der Waals surface area contributed by atoms with Crippen molar-refractivity contribution in [1.29, 1.82) is 0 Å². The average Bonchev–Trinajstić information content (AvgIpc) is 2.76. The predicted octanol–water partition coefficient (Wildman–Crippen LogP) is 4.18. The Labute approximate surface area is 172 Å². The lowest BCUT2D eigenvalue weighted by molar-refractivity contribution is 0.242. The van der Waals surface area contributed by atoms with Crippen molar-refractivity contribution >= 4 is 5.69 Å². The molecule has 3 aromatic carbocycles. The van der Waals surface area contributed by atoms with E-state index in [9.17, 15) is 4.39 Å². The second-order valence-corrected chi connectivity index (χ2v) is 7.79. The molecule has 1 aliphatic rings. The van der Waals surface area contributed by atoms with Crippen LogP contribution in [0.4, 0.5) is 10.1 Å². The molecule has 0 spiro atoms. The lowest BCUT2D eigenvalue weighted by Gasteiger charge is -2.37. The molecule has 29 heavy (non-hydrogen) atoms. The molecule has 4 rings (SSSR count). The van der Waals surface area contributed by atoms with E-state index in [1.807, 2.05) is 18.2 Å². The summed E-state index contributed by atoms with van der Waals surface area (Å²) in [4.78, 5) is 4.74. The average molecular weight is 390 g/mol. The third-order valence-electron chi connectivity index (χ3n) is 5.62. The Hall–Kier alpha value is -2.69. The van der Waals surface area contributed by atoms with Gasteiger partial charge in [-0.25, -0.2) is 4.39 Å². The summed E-state index contributed by atoms with van der Waals surface area (Å²) in [6.45, 7) is 4.77. The van der Waals surface area contributed by atoms with E-state index >= 15 is 0 Å². The predicted molar refractivity (Wildman–Crippen MR) is 119 cm³/mol. The molecule has 0 saturated carbocycles. The quantitative estimate of drug-likeness (QED) is 0.686. The number of anilines is 1. The lowest BCUT2D eigenvalue weighted by atomic mass is 10.0. The molecule has 0 aromatic heterocycles. The van der Waals surface area contributed by atoms with Crippen LogP contribution in [0.5, 0.6) is 0 Å². The first-order chi connectivity index (χ1) is 14.2. The van der Waals surface area contributed by atoms with E-state index in [1.165, 1.54) is 28.8 Å². The maximum Gasteiger partial charge on any atom is 0.123 e. The van der Waals surface area contributed by atoms with Gasteiger partial charge in [-0.1, -0.05) is 54.6 Å². The Kier molecular flexibility index (Phi) is 6.23. The zero-order chi connectivity index (χ0) is 20.1. The molecule has 1 aliphatic heterocycles. The van der Waals surface area contributed by atoms with E-state index in [4.69, 9.17) is 5.73 Å². The van der Waals surface area contributed by atoms with Gasteiger partial charge in [-0.3, -0.25) is 4.90 Å². The Morgan fingerprint density at radius 3 is 2.03 bits per heavy atom. The summed E-state index contributed by atoms with van der Waals surface area (Å²) >= 11 is 0. The van der Waals surface area contributed by atoms with Crippen molar-refractivity contribution in [3.05, 3.63) is 90.2 Å². The minimum absolute atomic E-state index is 0.120. The standard InChI is InChI=1S/C25H28FN3/c26-23-10-12-25(13-11-23)29-16-14-28(15-17-29)19-24(27)18-20-6-8-22(9-7-20)21-4-2-1-3-5-21/h1-13,24H,14-19,27H2. The molecule has 0 aliphatic carbocycles. The van der Waals surface area contributed by atoms with E-state index in [1.54, 1.807) is 0 Å². The molecule has 1 atom stereocenters. The lowest BCUT2D eigenvalue weighted by Crippen LogP contribution is -2.50. The van der Waals surface area contributed by atoms with Crippen LogP contribution >= 0.6 is 0 Å². The summed E-state index contributed by atoms with van der Waals surface area (Å²) in [6.07, 6.45) is 0.882. The van der Waals surface area contributed by atoms with Crippen molar-refractivity contribution < 1.29 is 4.39 Å². The van der Waals surface area contributed by atoms with Gasteiger partial charge in [0.05, 0.1) is 0 Å². The highest BCUT2D eigenvalue weighted by Gasteiger charge is 2.19. The highest BCUT2D eigenvalue weighted by atomic mass is 19.1. The number of halogens is 1. The summed E-state index contributed by atoms with van der Waals surface area (Å²) in [5.41, 5.74) is 11.3. The topological polar surface area (TPSA) is 32.5 Å². The van der Waals surface area contributed by atoms with Crippen molar-refractivity contribution in [3.8, 4) is 11.1 Å². The normalized spacial score (nSPS) is 16.0. The molecule has 1 unspecified atom stereocenters. The summed E-state index contributed by atoms with van der Waals surface area (Å²) in [6, 6.07) is 26.1. The number of rotatable bonds is 6. The monoisotopic (exact) mass is 389 g/mol. The van der Waals surface area contributed by atoms with Gasteiger partial charge in [0.1, 0.15) is 5.82 Å². The van der Waals surface area contributed by atoms with Crippen LogP contribution in [0.3, 0.4) is 0 Å². The van der Waals surface area contributed by atoms with Crippen molar-refractivity contribution in [2.24, 2.45) is 5.73 Å². The summed E-state index contributed by atoms with van der Waals surface area (Å²) in [5.74, 6) is -0.185. The van der Waals surface area contributed by atoms with Crippen LogP contribution in [0.2, 0.25) is 0 Å². The highest BCUT2D eigenvalue weighted by Crippen LogP contribution is 2.20. The fourth-order valence-corrected chi connectivity index (χ4v) is 4.00. The first kappa shape index (κ1) is 19.6. The number of hydrogen-bond acceptors (Lipinski definition) is 3. The van der Waals surface area contributed by atoms with E-state index in [2.05, 4.69) is 58.3 Å². The number of benzene rings is 3. The Morgan fingerprint density at radius 2 is 1.38 bits per heavy atom. The fraction of sp³-hybridized carbons (Fsp3) is 0.280. The second kappa shape index (κ2) is 9.21. The van der Waals surface area contributed by atoms with Crippen LogP contribution in [0.1, 0.15) is 5.56 Å². The van der Waals surface area contributed by atoms with Gasteiger partial charge in [-0.2, -0.15) is 0 Å². The maximum absolute atomic E-state index is 13.1. The number of nitrogens with zero attached hydrogens (tertiary/aromatic N) is 2. The molecule has 0 radical (unpaired) electrons. The van der Waals surface area contributed by atoms with E-state index < -0.39 is 0 Å². The molecular formula is C25H28FN3. The third kappa shape index (κ3) is 5.22. The molecule has 1 heterocycles. The molecule has 4 heteroatoms. The van der Waals surface area contributed by atoms with Gasteiger partial charge < -0.3 is 10.6 Å². The van der Waals surface area contributed by atoms with E-state index in [0.717, 1.165) is 44.8 Å². The van der Waals surface area contributed by atoms with Crippen LogP contribution in [-0.4, -0.2) is 43.7 Å². The van der Waals surface area contributed by atoms with Crippen LogP contribution in [0, 0.1) is 5.82 Å². The highest BCUT2D eigenvalue weighted by molar-refractivity contribution is 5.63. The second-order valence-electron chi connectivity index (χ2n) is 7.79. The first-order valence-corrected chi connectivity index (χ1v) is 10.3. The summed E-state index contributed by atoms with van der Waals surface area (Å²) < 4.78 is 13.1. The smallest absolute Gasteiger partial charge is 0.123 e. The molecule has 1 saturated heterocycles. The third-order valence-corrected chi connectivity index (χ3v) is 5.62. The number of hydrogen-bond donors (Lipinski definition) is 1. The molecule has 0 bridgehead atoms. The molecule has 3 nitrogen and oxygen atoms in total. The minimum atomic E-state index is -0.185. The van der Waals surface area contributed by atoms with Gasteiger partial charge in [0, 0.05) is 44.5 Å². The molecule has 3 aromatic rings. The summed E-state index contributed by atoms with van der Waals surface area (Å²) in [7, 11) is 0. The van der Waals surface area contributed by atoms with Crippen molar-refractivity contribution in [3.63, 3.8) is 0 Å². The van der Waals surface area contributed by atoms with Gasteiger partial charge in [0.2, 0.25) is 0 Å². The van der Waals surface area contributed by atoms with Crippen molar-refractivity contribution in [2.75, 3.05) is 37.6 Å². The zero-order valence-electron chi connectivity index (χ0n) is 16.7. The molecule has 2 N–H and O–H groups in total. The Bertz CT molecular complexity index is 886. The zero-order valence-corrected chi connectivity index (χ0v) is 16.7. The first-order valence-electron chi connectivity index (χ1n) is 10.3.